The van der Waals surface area contributed by atoms with E-state index in [2.05, 4.69) is 15.3 Å². The van der Waals surface area contributed by atoms with Crippen LogP contribution in [0.2, 0.25) is 0 Å². The Balaban J connectivity index is 2.02. The molecule has 0 aliphatic heterocycles. The number of carbonyl (C=O) groups excluding carboxylic acids is 1. The molecule has 1 amide bonds. The first-order valence-corrected chi connectivity index (χ1v) is 9.76. The third-order valence-electron chi connectivity index (χ3n) is 5.15. The van der Waals surface area contributed by atoms with Gasteiger partial charge in [0.25, 0.3) is 5.91 Å². The van der Waals surface area contributed by atoms with E-state index in [1.807, 2.05) is 13.8 Å². The minimum Gasteiger partial charge on any atom is -0.384 e. The van der Waals surface area contributed by atoms with Gasteiger partial charge in [0.1, 0.15) is 16.9 Å². The predicted octanol–water partition coefficient (Wildman–Crippen LogP) is 4.70. The van der Waals surface area contributed by atoms with Gasteiger partial charge in [-0.2, -0.15) is 13.2 Å². The monoisotopic (exact) mass is 427 g/mol. The summed E-state index contributed by atoms with van der Waals surface area (Å²) in [6, 6.07) is 11.7. The molecular formula is C22H20F3N5O. The molecular weight excluding hydrogens is 407 g/mol. The van der Waals surface area contributed by atoms with Crippen LogP contribution in [0.5, 0.6) is 0 Å². The molecule has 160 valence electrons. The molecule has 4 aromatic rings. The summed E-state index contributed by atoms with van der Waals surface area (Å²) < 4.78 is 41.2. The van der Waals surface area contributed by atoms with Crippen molar-refractivity contribution in [2.45, 2.75) is 32.5 Å². The van der Waals surface area contributed by atoms with E-state index in [1.165, 1.54) is 16.7 Å². The largest absolute Gasteiger partial charge is 0.416 e. The van der Waals surface area contributed by atoms with Gasteiger partial charge in [-0.1, -0.05) is 25.1 Å². The van der Waals surface area contributed by atoms with Gasteiger partial charge in [-0.15, -0.1) is 0 Å². The van der Waals surface area contributed by atoms with E-state index in [0.717, 1.165) is 12.1 Å². The first kappa shape index (κ1) is 20.6. The molecule has 6 nitrogen and oxygen atoms in total. The fourth-order valence-electron chi connectivity index (χ4n) is 3.37. The fourth-order valence-corrected chi connectivity index (χ4v) is 3.37. The lowest BCUT2D eigenvalue weighted by molar-refractivity contribution is -0.137. The standard InChI is InChI=1S/C22H20F3N5O/c1-3-12(2)27-21(31)17-18-20(29-16-10-5-4-9-15(16)28-18)30(19(17)26)14-8-6-7-13(11-14)22(23,24)25/h4-12H,3,26H2,1-2H3,(H,27,31)/t12-/m1/s1. The van der Waals surface area contributed by atoms with Crippen molar-refractivity contribution >= 4 is 33.9 Å². The second-order valence-corrected chi connectivity index (χ2v) is 7.31. The Bertz CT molecular complexity index is 1300. The zero-order valence-corrected chi connectivity index (χ0v) is 16.9. The highest BCUT2D eigenvalue weighted by atomic mass is 19.4. The molecule has 1 atom stereocenters. The Hall–Kier alpha value is -3.62. The number of alkyl halides is 3. The average Bonchev–Trinajstić information content (AvgIpc) is 3.02. The highest BCUT2D eigenvalue weighted by Gasteiger charge is 2.31. The molecule has 2 aromatic carbocycles. The normalized spacial score (nSPS) is 12.9. The van der Waals surface area contributed by atoms with Gasteiger partial charge in [-0.05, 0) is 43.7 Å². The molecule has 4 rings (SSSR count). The van der Waals surface area contributed by atoms with E-state index < -0.39 is 17.6 Å². The number of nitrogens with zero attached hydrogens (tertiary/aromatic N) is 3. The van der Waals surface area contributed by atoms with Crippen molar-refractivity contribution in [1.29, 1.82) is 0 Å². The van der Waals surface area contributed by atoms with Crippen LogP contribution in [-0.2, 0) is 6.18 Å². The molecule has 0 spiro atoms. The zero-order chi connectivity index (χ0) is 22.3. The highest BCUT2D eigenvalue weighted by molar-refractivity contribution is 6.11. The van der Waals surface area contributed by atoms with Crippen LogP contribution in [0.25, 0.3) is 27.9 Å². The summed E-state index contributed by atoms with van der Waals surface area (Å²) in [6.45, 7) is 3.77. The number of nitrogens with one attached hydrogen (secondary N) is 1. The summed E-state index contributed by atoms with van der Waals surface area (Å²) in [6.07, 6.45) is -3.82. The summed E-state index contributed by atoms with van der Waals surface area (Å²) in [7, 11) is 0. The number of hydrogen-bond acceptors (Lipinski definition) is 4. The molecule has 9 heteroatoms. The number of amides is 1. The number of para-hydroxylation sites is 2. The number of nitrogens with two attached hydrogens (primary N) is 1. The number of anilines is 1. The average molecular weight is 427 g/mol. The van der Waals surface area contributed by atoms with E-state index >= 15 is 0 Å². The number of benzene rings is 2. The number of nitrogen functional groups attached to an aromatic ring is 1. The highest BCUT2D eigenvalue weighted by Crippen LogP contribution is 2.34. The minimum absolute atomic E-state index is 0.0227. The SMILES string of the molecule is CC[C@@H](C)NC(=O)c1c(N)n(-c2cccc(C(F)(F)F)c2)c2nc3ccccc3nc12. The molecule has 0 aliphatic carbocycles. The molecule has 2 heterocycles. The minimum atomic E-state index is -4.52. The lowest BCUT2D eigenvalue weighted by atomic mass is 10.2. The van der Waals surface area contributed by atoms with E-state index in [4.69, 9.17) is 5.73 Å². The number of carbonyl (C=O) groups is 1. The molecule has 3 N–H and O–H groups in total. The molecule has 2 aromatic heterocycles. The lowest BCUT2D eigenvalue weighted by Crippen LogP contribution is -2.32. The Morgan fingerprint density at radius 2 is 1.81 bits per heavy atom. The van der Waals surface area contributed by atoms with Crippen LogP contribution in [0, 0.1) is 0 Å². The Kier molecular flexibility index (Phi) is 5.04. The Morgan fingerprint density at radius 3 is 2.45 bits per heavy atom. The molecule has 0 unspecified atom stereocenters. The maximum absolute atomic E-state index is 13.3. The third-order valence-corrected chi connectivity index (χ3v) is 5.15. The van der Waals surface area contributed by atoms with Gasteiger partial charge in [0.05, 0.1) is 16.6 Å². The van der Waals surface area contributed by atoms with Crippen LogP contribution in [0.1, 0.15) is 36.2 Å². The van der Waals surface area contributed by atoms with Crippen molar-refractivity contribution < 1.29 is 18.0 Å². The van der Waals surface area contributed by atoms with Crippen LogP contribution in [0.3, 0.4) is 0 Å². The number of hydrogen-bond donors (Lipinski definition) is 2. The van der Waals surface area contributed by atoms with Crippen LogP contribution in [0.15, 0.2) is 48.5 Å². The van der Waals surface area contributed by atoms with E-state index in [1.54, 1.807) is 24.3 Å². The van der Waals surface area contributed by atoms with Gasteiger partial charge in [0.15, 0.2) is 5.65 Å². The molecule has 0 radical (unpaired) electrons. The predicted molar refractivity (Wildman–Crippen MR) is 113 cm³/mol. The van der Waals surface area contributed by atoms with Crippen molar-refractivity contribution in [3.63, 3.8) is 0 Å². The van der Waals surface area contributed by atoms with Crippen molar-refractivity contribution in [1.82, 2.24) is 19.9 Å². The summed E-state index contributed by atoms with van der Waals surface area (Å²) in [5.74, 6) is -0.474. The van der Waals surface area contributed by atoms with E-state index in [9.17, 15) is 18.0 Å². The van der Waals surface area contributed by atoms with Crippen molar-refractivity contribution in [3.05, 3.63) is 59.7 Å². The maximum atomic E-state index is 13.3. The Morgan fingerprint density at radius 1 is 1.13 bits per heavy atom. The quantitative estimate of drug-likeness (QED) is 0.494. The summed E-state index contributed by atoms with van der Waals surface area (Å²) in [4.78, 5) is 22.1. The maximum Gasteiger partial charge on any atom is 0.416 e. The fraction of sp³-hybridized carbons (Fsp3) is 0.227. The lowest BCUT2D eigenvalue weighted by Gasteiger charge is -2.13. The number of aromatic nitrogens is 3. The van der Waals surface area contributed by atoms with Crippen LogP contribution in [-0.4, -0.2) is 26.5 Å². The smallest absolute Gasteiger partial charge is 0.384 e. The summed E-state index contributed by atoms with van der Waals surface area (Å²) >= 11 is 0. The van der Waals surface area contributed by atoms with Gasteiger partial charge in [0, 0.05) is 11.7 Å². The van der Waals surface area contributed by atoms with E-state index in [0.29, 0.717) is 17.5 Å². The van der Waals surface area contributed by atoms with Gasteiger partial charge >= 0.3 is 6.18 Å². The van der Waals surface area contributed by atoms with Gasteiger partial charge in [-0.25, -0.2) is 9.97 Å². The van der Waals surface area contributed by atoms with Crippen LogP contribution < -0.4 is 11.1 Å². The van der Waals surface area contributed by atoms with Crippen LogP contribution >= 0.6 is 0 Å². The second-order valence-electron chi connectivity index (χ2n) is 7.31. The van der Waals surface area contributed by atoms with Crippen molar-refractivity contribution in [2.24, 2.45) is 0 Å². The van der Waals surface area contributed by atoms with E-state index in [-0.39, 0.29) is 34.3 Å². The van der Waals surface area contributed by atoms with Crippen molar-refractivity contribution in [2.75, 3.05) is 5.73 Å². The topological polar surface area (TPSA) is 85.8 Å². The number of fused-ring (bicyclic) bond motifs is 2. The summed E-state index contributed by atoms with van der Waals surface area (Å²) in [5.41, 5.74) is 7.26. The van der Waals surface area contributed by atoms with Gasteiger partial charge in [-0.3, -0.25) is 9.36 Å². The molecule has 0 aliphatic rings. The Labute approximate surface area is 175 Å². The second kappa shape index (κ2) is 7.57. The number of halogens is 3. The van der Waals surface area contributed by atoms with Crippen molar-refractivity contribution in [3.8, 4) is 5.69 Å². The first-order valence-electron chi connectivity index (χ1n) is 9.76. The molecule has 0 bridgehead atoms. The van der Waals surface area contributed by atoms with Gasteiger partial charge < -0.3 is 11.1 Å². The molecule has 0 saturated heterocycles. The third kappa shape index (κ3) is 3.67. The van der Waals surface area contributed by atoms with Gasteiger partial charge in [0.2, 0.25) is 0 Å². The first-order chi connectivity index (χ1) is 14.7. The molecule has 31 heavy (non-hydrogen) atoms. The summed E-state index contributed by atoms with van der Waals surface area (Å²) in [5, 5.41) is 2.85. The zero-order valence-electron chi connectivity index (χ0n) is 16.9. The molecule has 0 saturated carbocycles. The molecule has 0 fully saturated rings. The number of rotatable bonds is 4. The van der Waals surface area contributed by atoms with Crippen LogP contribution in [0.4, 0.5) is 19.0 Å².